The highest BCUT2D eigenvalue weighted by molar-refractivity contribution is 6.46. The molecule has 0 radical (unpaired) electrons. The molecule has 1 fully saturated rings. The van der Waals surface area contributed by atoms with E-state index < -0.39 is 17.7 Å². The van der Waals surface area contributed by atoms with Crippen molar-refractivity contribution in [1.82, 2.24) is 19.2 Å². The first-order valence-corrected chi connectivity index (χ1v) is 11.4. The summed E-state index contributed by atoms with van der Waals surface area (Å²) in [5, 5.41) is 11.5. The number of imidazole rings is 1. The smallest absolute Gasteiger partial charge is 0.295 e. The van der Waals surface area contributed by atoms with Gasteiger partial charge in [0.05, 0.1) is 23.9 Å². The van der Waals surface area contributed by atoms with Crippen molar-refractivity contribution in [3.63, 3.8) is 0 Å². The molecule has 8 nitrogen and oxygen atoms in total. The number of benzene rings is 1. The van der Waals surface area contributed by atoms with E-state index in [-0.39, 0.29) is 11.3 Å². The maximum absolute atomic E-state index is 13.3. The maximum atomic E-state index is 13.3. The number of aromatic nitrogens is 2. The van der Waals surface area contributed by atoms with Crippen LogP contribution in [0.15, 0.2) is 54.2 Å². The number of carbonyl (C=O) groups is 2. The molecule has 34 heavy (non-hydrogen) atoms. The van der Waals surface area contributed by atoms with E-state index in [0.29, 0.717) is 47.9 Å². The van der Waals surface area contributed by atoms with E-state index in [1.54, 1.807) is 22.4 Å². The van der Waals surface area contributed by atoms with Crippen LogP contribution in [-0.2, 0) is 9.59 Å². The van der Waals surface area contributed by atoms with Gasteiger partial charge in [0.25, 0.3) is 11.7 Å². The highest BCUT2D eigenvalue weighted by Crippen LogP contribution is 2.40. The van der Waals surface area contributed by atoms with E-state index in [1.807, 2.05) is 68.4 Å². The second-order valence-corrected chi connectivity index (χ2v) is 8.63. The molecule has 1 atom stereocenters. The Bertz CT molecular complexity index is 1260. The van der Waals surface area contributed by atoms with Crippen LogP contribution in [0, 0.1) is 6.92 Å². The van der Waals surface area contributed by atoms with Gasteiger partial charge in [0, 0.05) is 12.7 Å². The average Bonchev–Trinajstić information content (AvgIpc) is 3.27. The van der Waals surface area contributed by atoms with Crippen LogP contribution in [0.2, 0.25) is 0 Å². The molecule has 3 aromatic rings. The Labute approximate surface area is 199 Å². The Morgan fingerprint density at radius 2 is 1.97 bits per heavy atom. The summed E-state index contributed by atoms with van der Waals surface area (Å²) in [6.45, 7) is 5.32. The molecule has 1 aromatic carbocycles. The summed E-state index contributed by atoms with van der Waals surface area (Å²) < 4.78 is 7.40. The molecule has 3 heterocycles. The van der Waals surface area contributed by atoms with Gasteiger partial charge in [0.2, 0.25) is 0 Å². The molecule has 1 N–H and O–H groups in total. The number of aliphatic hydroxyl groups excluding tert-OH is 1. The maximum Gasteiger partial charge on any atom is 0.295 e. The summed E-state index contributed by atoms with van der Waals surface area (Å²) in [4.78, 5) is 34.6. The van der Waals surface area contributed by atoms with Gasteiger partial charge in [0.1, 0.15) is 17.1 Å². The zero-order valence-electron chi connectivity index (χ0n) is 20.0. The number of aliphatic hydroxyl groups is 1. The second kappa shape index (κ2) is 9.69. The number of rotatable bonds is 8. The minimum atomic E-state index is -0.726. The molecule has 0 spiro atoms. The highest BCUT2D eigenvalue weighted by Gasteiger charge is 2.46. The van der Waals surface area contributed by atoms with Gasteiger partial charge in [-0.1, -0.05) is 18.2 Å². The molecule has 0 saturated carbocycles. The molecule has 1 amide bonds. The van der Waals surface area contributed by atoms with Gasteiger partial charge in [0.15, 0.2) is 5.76 Å². The zero-order chi connectivity index (χ0) is 24.4. The second-order valence-electron chi connectivity index (χ2n) is 8.63. The van der Waals surface area contributed by atoms with Crippen molar-refractivity contribution in [3.8, 4) is 5.75 Å². The number of nitrogens with zero attached hydrogens (tertiary/aromatic N) is 4. The molecule has 1 unspecified atom stereocenters. The first-order chi connectivity index (χ1) is 16.3. The molecule has 1 aliphatic heterocycles. The van der Waals surface area contributed by atoms with Crippen LogP contribution in [0.4, 0.5) is 0 Å². The van der Waals surface area contributed by atoms with Crippen molar-refractivity contribution in [3.05, 3.63) is 71.2 Å². The van der Waals surface area contributed by atoms with Crippen molar-refractivity contribution >= 4 is 23.1 Å². The third-order valence-corrected chi connectivity index (χ3v) is 5.96. The summed E-state index contributed by atoms with van der Waals surface area (Å²) in [5.74, 6) is -0.889. The normalized spacial score (nSPS) is 17.8. The number of hydrogen-bond acceptors (Lipinski definition) is 6. The molecule has 2 aromatic heterocycles. The van der Waals surface area contributed by atoms with Crippen LogP contribution < -0.4 is 4.74 Å². The van der Waals surface area contributed by atoms with E-state index in [9.17, 15) is 14.7 Å². The SMILES string of the molecule is CCOc1cccc(C2C(=C(O)c3c(C)nc4ccccn34)C(=O)C(=O)N2CCCN(C)C)c1. The van der Waals surface area contributed by atoms with Crippen LogP contribution in [0.1, 0.15) is 36.3 Å². The van der Waals surface area contributed by atoms with Crippen molar-refractivity contribution in [2.75, 3.05) is 33.8 Å². The lowest BCUT2D eigenvalue weighted by molar-refractivity contribution is -0.139. The third-order valence-electron chi connectivity index (χ3n) is 5.96. The predicted octanol–water partition coefficient (Wildman–Crippen LogP) is 3.41. The Morgan fingerprint density at radius 3 is 2.71 bits per heavy atom. The van der Waals surface area contributed by atoms with Gasteiger partial charge in [-0.2, -0.15) is 0 Å². The first-order valence-electron chi connectivity index (χ1n) is 11.4. The van der Waals surface area contributed by atoms with Crippen LogP contribution in [0.5, 0.6) is 5.75 Å². The number of ether oxygens (including phenoxy) is 1. The summed E-state index contributed by atoms with van der Waals surface area (Å²) >= 11 is 0. The molecule has 1 saturated heterocycles. The van der Waals surface area contributed by atoms with E-state index >= 15 is 0 Å². The van der Waals surface area contributed by atoms with Crippen LogP contribution in [0.3, 0.4) is 0 Å². The lowest BCUT2D eigenvalue weighted by Crippen LogP contribution is -2.32. The van der Waals surface area contributed by atoms with Gasteiger partial charge in [-0.05, 0) is 70.7 Å². The van der Waals surface area contributed by atoms with E-state index in [1.165, 1.54) is 0 Å². The van der Waals surface area contributed by atoms with Crippen LogP contribution >= 0.6 is 0 Å². The van der Waals surface area contributed by atoms with E-state index in [0.717, 1.165) is 6.54 Å². The van der Waals surface area contributed by atoms with Gasteiger partial charge in [-0.25, -0.2) is 4.98 Å². The molecule has 0 aliphatic carbocycles. The van der Waals surface area contributed by atoms with Crippen molar-refractivity contribution in [1.29, 1.82) is 0 Å². The molecular weight excluding hydrogens is 432 g/mol. The summed E-state index contributed by atoms with van der Waals surface area (Å²) in [7, 11) is 3.93. The molecule has 4 rings (SSSR count). The van der Waals surface area contributed by atoms with Gasteiger partial charge in [-0.3, -0.25) is 14.0 Å². The number of hydrogen-bond donors (Lipinski definition) is 1. The van der Waals surface area contributed by atoms with Crippen molar-refractivity contribution in [2.24, 2.45) is 0 Å². The standard InChI is InChI=1S/C26H30N4O4/c1-5-34-19-11-8-10-18(16-19)23-21(25(32)26(33)30(23)15-9-13-28(3)4)24(31)22-17(2)27-20-12-6-7-14-29(20)22/h6-8,10-12,14,16,23,31H,5,9,13,15H2,1-4H3. The number of pyridine rings is 1. The molecule has 0 bridgehead atoms. The molecule has 1 aliphatic rings. The summed E-state index contributed by atoms with van der Waals surface area (Å²) in [6.07, 6.45) is 2.47. The van der Waals surface area contributed by atoms with Crippen molar-refractivity contribution in [2.45, 2.75) is 26.3 Å². The monoisotopic (exact) mass is 462 g/mol. The summed E-state index contributed by atoms with van der Waals surface area (Å²) in [5.41, 5.74) is 2.41. The Kier molecular flexibility index (Phi) is 6.70. The lowest BCUT2D eigenvalue weighted by Gasteiger charge is -2.26. The number of fused-ring (bicyclic) bond motifs is 1. The predicted molar refractivity (Wildman–Crippen MR) is 130 cm³/mol. The van der Waals surface area contributed by atoms with Gasteiger partial charge >= 0.3 is 0 Å². The average molecular weight is 463 g/mol. The molecule has 8 heteroatoms. The topological polar surface area (TPSA) is 87.4 Å². The highest BCUT2D eigenvalue weighted by atomic mass is 16.5. The fourth-order valence-corrected chi connectivity index (χ4v) is 4.48. The third kappa shape index (κ3) is 4.28. The number of likely N-dealkylation sites (tertiary alicyclic amines) is 1. The fraction of sp³-hybridized carbons (Fsp3) is 0.346. The van der Waals surface area contributed by atoms with Crippen LogP contribution in [-0.4, -0.2) is 69.8 Å². The largest absolute Gasteiger partial charge is 0.505 e. The number of ketones is 1. The lowest BCUT2D eigenvalue weighted by atomic mass is 9.96. The zero-order valence-corrected chi connectivity index (χ0v) is 20.0. The fourth-order valence-electron chi connectivity index (χ4n) is 4.48. The number of amides is 1. The minimum Gasteiger partial charge on any atom is -0.505 e. The number of carbonyl (C=O) groups excluding carboxylic acids is 2. The molecular formula is C26H30N4O4. The first kappa shape index (κ1) is 23.5. The van der Waals surface area contributed by atoms with Crippen LogP contribution in [0.25, 0.3) is 11.4 Å². The number of aryl methyl sites for hydroxylation is 1. The minimum absolute atomic E-state index is 0.0669. The Hall–Kier alpha value is -3.65. The van der Waals surface area contributed by atoms with E-state index in [4.69, 9.17) is 4.74 Å². The number of Topliss-reactive ketones (excluding diaryl/α,β-unsaturated/α-hetero) is 1. The molecule has 178 valence electrons. The van der Waals surface area contributed by atoms with Gasteiger partial charge in [-0.15, -0.1) is 0 Å². The Balaban J connectivity index is 1.88. The van der Waals surface area contributed by atoms with Crippen molar-refractivity contribution < 1.29 is 19.4 Å². The Morgan fingerprint density at radius 1 is 1.18 bits per heavy atom. The summed E-state index contributed by atoms with van der Waals surface area (Å²) in [6, 6.07) is 12.1. The van der Waals surface area contributed by atoms with E-state index in [2.05, 4.69) is 4.98 Å². The van der Waals surface area contributed by atoms with Gasteiger partial charge < -0.3 is 19.6 Å². The quantitative estimate of drug-likeness (QED) is 0.314.